The van der Waals surface area contributed by atoms with Crippen LogP contribution in [-0.2, 0) is 14.3 Å². The highest BCUT2D eigenvalue weighted by Gasteiger charge is 2.39. The summed E-state index contributed by atoms with van der Waals surface area (Å²) in [7, 11) is 1.68. The number of ether oxygens (including phenoxy) is 2. The van der Waals surface area contributed by atoms with Gasteiger partial charge in [-0.2, -0.15) is 0 Å². The molecule has 1 amide bonds. The first-order valence-corrected chi connectivity index (χ1v) is 12.7. The van der Waals surface area contributed by atoms with Crippen molar-refractivity contribution in [3.8, 4) is 17.0 Å². The number of hydrogen-bond acceptors (Lipinski definition) is 6. The van der Waals surface area contributed by atoms with Crippen molar-refractivity contribution in [1.29, 1.82) is 0 Å². The Balaban J connectivity index is 1.61. The van der Waals surface area contributed by atoms with Crippen LogP contribution in [0.25, 0.3) is 22.3 Å². The Morgan fingerprint density at radius 1 is 1.31 bits per heavy atom. The standard InChI is InChI=1S/C28H34N4O4/c1-4-25(34)32-15-17(2)21(13-19(32)16-35-3)27-26(18-9-11-36-12-10-18)22-14-23(30-31-28(22)29-27)20-7-5-6-8-24(20)33/h4-8,14,17-19,21,33H,1,9-13,15-16H2,2-3H3,(H,29,31). The molecule has 2 aliphatic heterocycles. The number of para-hydroxylation sites is 1. The van der Waals surface area contributed by atoms with E-state index in [9.17, 15) is 9.90 Å². The zero-order chi connectivity index (χ0) is 25.2. The minimum atomic E-state index is -0.0539. The summed E-state index contributed by atoms with van der Waals surface area (Å²) in [4.78, 5) is 18.1. The van der Waals surface area contributed by atoms with Crippen molar-refractivity contribution in [2.75, 3.05) is 33.5 Å². The largest absolute Gasteiger partial charge is 0.507 e. The van der Waals surface area contributed by atoms with Crippen LogP contribution in [0.15, 0.2) is 43.0 Å². The highest BCUT2D eigenvalue weighted by molar-refractivity contribution is 5.88. The molecule has 2 N–H and O–H groups in total. The van der Waals surface area contributed by atoms with E-state index in [4.69, 9.17) is 9.47 Å². The van der Waals surface area contributed by atoms with Crippen LogP contribution in [0.1, 0.15) is 49.3 Å². The molecule has 0 saturated carbocycles. The quantitative estimate of drug-likeness (QED) is 0.498. The van der Waals surface area contributed by atoms with E-state index in [-0.39, 0.29) is 29.5 Å². The zero-order valence-corrected chi connectivity index (χ0v) is 20.9. The number of piperidine rings is 1. The molecule has 2 fully saturated rings. The number of phenolic OH excluding ortho intramolecular Hbond substituents is 1. The number of nitrogens with zero attached hydrogens (tertiary/aromatic N) is 3. The van der Waals surface area contributed by atoms with Crippen molar-refractivity contribution in [3.05, 3.63) is 54.2 Å². The molecule has 3 aromatic rings. The number of aromatic amines is 1. The average Bonchev–Trinajstić information content (AvgIpc) is 3.28. The fraction of sp³-hybridized carbons (Fsp3) is 0.464. The average molecular weight is 491 g/mol. The van der Waals surface area contributed by atoms with E-state index in [0.29, 0.717) is 30.3 Å². The monoisotopic (exact) mass is 490 g/mol. The van der Waals surface area contributed by atoms with Crippen molar-refractivity contribution in [2.24, 2.45) is 5.92 Å². The third-order valence-corrected chi connectivity index (χ3v) is 7.76. The van der Waals surface area contributed by atoms with Crippen LogP contribution >= 0.6 is 0 Å². The molecule has 190 valence electrons. The molecule has 0 spiro atoms. The summed E-state index contributed by atoms with van der Waals surface area (Å²) in [5.41, 5.74) is 4.52. The Kier molecular flexibility index (Phi) is 7.07. The van der Waals surface area contributed by atoms with E-state index >= 15 is 0 Å². The Labute approximate surface area is 211 Å². The third kappa shape index (κ3) is 4.51. The minimum absolute atomic E-state index is 0.0291. The number of carbonyl (C=O) groups is 1. The zero-order valence-electron chi connectivity index (χ0n) is 20.9. The second-order valence-corrected chi connectivity index (χ2v) is 9.97. The van der Waals surface area contributed by atoms with Gasteiger partial charge in [0.1, 0.15) is 5.75 Å². The number of H-pyrrole nitrogens is 1. The maximum Gasteiger partial charge on any atom is 0.246 e. The van der Waals surface area contributed by atoms with Crippen LogP contribution in [-0.4, -0.2) is 70.6 Å². The molecule has 2 saturated heterocycles. The van der Waals surface area contributed by atoms with Gasteiger partial charge in [0.15, 0.2) is 5.65 Å². The van der Waals surface area contributed by atoms with Crippen molar-refractivity contribution in [3.63, 3.8) is 0 Å². The molecule has 36 heavy (non-hydrogen) atoms. The lowest BCUT2D eigenvalue weighted by Crippen LogP contribution is -2.50. The minimum Gasteiger partial charge on any atom is -0.507 e. The smallest absolute Gasteiger partial charge is 0.246 e. The second-order valence-electron chi connectivity index (χ2n) is 9.97. The summed E-state index contributed by atoms with van der Waals surface area (Å²) in [5.74, 6) is 0.912. The number of carbonyl (C=O) groups excluding carboxylic acids is 1. The highest BCUT2D eigenvalue weighted by Crippen LogP contribution is 2.44. The van der Waals surface area contributed by atoms with Gasteiger partial charge in [0, 0.05) is 49.4 Å². The fourth-order valence-corrected chi connectivity index (χ4v) is 5.95. The topological polar surface area (TPSA) is 101 Å². The number of aromatic hydroxyl groups is 1. The highest BCUT2D eigenvalue weighted by atomic mass is 16.5. The lowest BCUT2D eigenvalue weighted by atomic mass is 9.77. The summed E-state index contributed by atoms with van der Waals surface area (Å²) >= 11 is 0. The number of amides is 1. The van der Waals surface area contributed by atoms with Gasteiger partial charge in [0.2, 0.25) is 5.91 Å². The van der Waals surface area contributed by atoms with Crippen molar-refractivity contribution >= 4 is 16.9 Å². The number of benzene rings is 1. The Hall–Kier alpha value is -3.23. The first-order chi connectivity index (χ1) is 17.5. The Morgan fingerprint density at radius 2 is 2.08 bits per heavy atom. The van der Waals surface area contributed by atoms with E-state index in [1.807, 2.05) is 17.0 Å². The molecular formula is C28H34N4O4. The van der Waals surface area contributed by atoms with Gasteiger partial charge in [-0.15, -0.1) is 10.2 Å². The maximum atomic E-state index is 12.6. The van der Waals surface area contributed by atoms with Gasteiger partial charge in [-0.25, -0.2) is 0 Å². The number of phenols is 1. The maximum absolute atomic E-state index is 12.6. The molecule has 2 aliphatic rings. The fourth-order valence-electron chi connectivity index (χ4n) is 5.95. The van der Waals surface area contributed by atoms with Crippen LogP contribution in [0.2, 0.25) is 0 Å². The lowest BCUT2D eigenvalue weighted by molar-refractivity contribution is -0.132. The summed E-state index contributed by atoms with van der Waals surface area (Å²) in [6.45, 7) is 8.48. The lowest BCUT2D eigenvalue weighted by Gasteiger charge is -2.43. The van der Waals surface area contributed by atoms with E-state index in [2.05, 4.69) is 34.8 Å². The summed E-state index contributed by atoms with van der Waals surface area (Å²) in [6.07, 6.45) is 4.06. The van der Waals surface area contributed by atoms with E-state index in [1.54, 1.807) is 19.2 Å². The number of nitrogens with one attached hydrogen (secondary N) is 1. The van der Waals surface area contributed by atoms with E-state index in [1.165, 1.54) is 17.3 Å². The second kappa shape index (κ2) is 10.4. The number of hydrogen-bond donors (Lipinski definition) is 2. The molecule has 5 rings (SSSR count). The summed E-state index contributed by atoms with van der Waals surface area (Å²) in [5, 5.41) is 20.5. The van der Waals surface area contributed by atoms with Gasteiger partial charge >= 0.3 is 0 Å². The Bertz CT molecular complexity index is 1250. The molecule has 3 unspecified atom stereocenters. The van der Waals surface area contributed by atoms with Gasteiger partial charge in [0.25, 0.3) is 0 Å². The van der Waals surface area contributed by atoms with Crippen molar-refractivity contribution in [1.82, 2.24) is 20.1 Å². The molecule has 8 heteroatoms. The molecule has 3 atom stereocenters. The van der Waals surface area contributed by atoms with Crippen LogP contribution in [0.3, 0.4) is 0 Å². The van der Waals surface area contributed by atoms with Crippen molar-refractivity contribution in [2.45, 2.75) is 44.1 Å². The summed E-state index contributed by atoms with van der Waals surface area (Å²) in [6, 6.07) is 9.23. The molecule has 0 bridgehead atoms. The summed E-state index contributed by atoms with van der Waals surface area (Å²) < 4.78 is 11.2. The molecular weight excluding hydrogens is 456 g/mol. The van der Waals surface area contributed by atoms with Crippen LogP contribution < -0.4 is 0 Å². The molecule has 4 heterocycles. The van der Waals surface area contributed by atoms with Crippen molar-refractivity contribution < 1.29 is 19.4 Å². The molecule has 8 nitrogen and oxygen atoms in total. The predicted molar refractivity (Wildman–Crippen MR) is 138 cm³/mol. The molecule has 2 aromatic heterocycles. The third-order valence-electron chi connectivity index (χ3n) is 7.76. The Morgan fingerprint density at radius 3 is 2.81 bits per heavy atom. The van der Waals surface area contributed by atoms with Gasteiger partial charge in [0.05, 0.1) is 18.3 Å². The van der Waals surface area contributed by atoms with Gasteiger partial charge in [-0.3, -0.25) is 4.79 Å². The predicted octanol–water partition coefficient (Wildman–Crippen LogP) is 4.38. The number of methoxy groups -OCH3 is 1. The first kappa shape index (κ1) is 24.5. The van der Waals surface area contributed by atoms with E-state index in [0.717, 1.165) is 43.5 Å². The van der Waals surface area contributed by atoms with Crippen LogP contribution in [0.4, 0.5) is 0 Å². The molecule has 0 aliphatic carbocycles. The number of rotatable bonds is 6. The SMILES string of the molecule is C=CC(=O)N1CC(C)C(c2[nH]c3nnc(-c4ccccc4O)cc3c2C2CCOCC2)CC1COC. The number of aromatic nitrogens is 3. The van der Waals surface area contributed by atoms with Gasteiger partial charge in [-0.05, 0) is 60.9 Å². The van der Waals surface area contributed by atoms with Gasteiger partial charge in [-0.1, -0.05) is 25.6 Å². The van der Waals surface area contributed by atoms with Crippen LogP contribution in [0.5, 0.6) is 5.75 Å². The molecule has 0 radical (unpaired) electrons. The first-order valence-electron chi connectivity index (χ1n) is 12.7. The normalized spacial score (nSPS) is 23.2. The van der Waals surface area contributed by atoms with E-state index < -0.39 is 0 Å². The molecule has 1 aromatic carbocycles. The van der Waals surface area contributed by atoms with Gasteiger partial charge < -0.3 is 24.5 Å². The number of fused-ring (bicyclic) bond motifs is 1. The van der Waals surface area contributed by atoms with Crippen LogP contribution in [0, 0.1) is 5.92 Å². The number of likely N-dealkylation sites (tertiary alicyclic amines) is 1.